The maximum atomic E-state index is 14.3. The first kappa shape index (κ1) is 16.0. The fourth-order valence-corrected chi connectivity index (χ4v) is 3.53. The minimum Gasteiger partial charge on any atom is -0.497 e. The normalized spacial score (nSPS) is 17.2. The fraction of sp³-hybridized carbons (Fsp3) is 0.588. The molecule has 0 saturated heterocycles. The Morgan fingerprint density at radius 1 is 1.29 bits per heavy atom. The van der Waals surface area contributed by atoms with Gasteiger partial charge in [0.25, 0.3) is 0 Å². The molecule has 0 heterocycles. The quantitative estimate of drug-likeness (QED) is 0.749. The van der Waals surface area contributed by atoms with Gasteiger partial charge in [0, 0.05) is 6.07 Å². The summed E-state index contributed by atoms with van der Waals surface area (Å²) in [6.45, 7) is 5.72. The van der Waals surface area contributed by atoms with Crippen molar-refractivity contribution < 1.29 is 13.9 Å². The van der Waals surface area contributed by atoms with Gasteiger partial charge in [0.15, 0.2) is 5.78 Å². The van der Waals surface area contributed by atoms with Crippen LogP contribution < -0.4 is 4.74 Å². The first-order valence-electron chi connectivity index (χ1n) is 7.72. The zero-order valence-electron chi connectivity index (χ0n) is 13.1. The average molecular weight is 293 g/mol. The molecule has 116 valence electrons. The van der Waals surface area contributed by atoms with Gasteiger partial charge in [-0.2, -0.15) is 0 Å². The van der Waals surface area contributed by atoms with E-state index in [-0.39, 0.29) is 11.3 Å². The van der Waals surface area contributed by atoms with Crippen LogP contribution in [0.15, 0.2) is 18.2 Å². The molecule has 1 aromatic carbocycles. The molecule has 0 N–H and O–H groups in total. The number of benzene rings is 1. The van der Waals surface area contributed by atoms with E-state index < -0.39 is 11.4 Å². The first-order chi connectivity index (χ1) is 10.1. The number of carbonyl (C=O) groups excluding carboxylic acids is 1. The van der Waals surface area contributed by atoms with Gasteiger partial charge >= 0.3 is 0 Å². The molecule has 0 spiro atoms. The number of likely N-dealkylation sites (N-methyl/N-ethyl adjacent to an activating group) is 1. The third kappa shape index (κ3) is 2.82. The van der Waals surface area contributed by atoms with Crippen LogP contribution in [0.4, 0.5) is 4.39 Å². The van der Waals surface area contributed by atoms with Crippen LogP contribution in [0, 0.1) is 5.82 Å². The van der Waals surface area contributed by atoms with Gasteiger partial charge < -0.3 is 4.74 Å². The van der Waals surface area contributed by atoms with Crippen LogP contribution in [-0.2, 0) is 0 Å². The van der Waals surface area contributed by atoms with Crippen molar-refractivity contribution in [1.82, 2.24) is 4.90 Å². The lowest BCUT2D eigenvalue weighted by Crippen LogP contribution is -2.52. The number of methoxy groups -OCH3 is 1. The lowest BCUT2D eigenvalue weighted by molar-refractivity contribution is 0.0580. The molecule has 1 fully saturated rings. The van der Waals surface area contributed by atoms with E-state index in [9.17, 15) is 9.18 Å². The fourth-order valence-electron chi connectivity index (χ4n) is 3.53. The molecule has 2 rings (SSSR count). The predicted octanol–water partition coefficient (Wildman–Crippen LogP) is 3.67. The summed E-state index contributed by atoms with van der Waals surface area (Å²) >= 11 is 0. The summed E-state index contributed by atoms with van der Waals surface area (Å²) in [6.07, 6.45) is 3.69. The number of Topliss-reactive ketones (excluding diaryl/α,β-unsaturated/α-hetero) is 1. The third-order valence-corrected chi connectivity index (χ3v) is 4.64. The molecule has 0 bridgehead atoms. The standard InChI is InChI=1S/C17H24FNO2/c1-4-19(5-2)17(10-6-7-11-17)16(20)14-9-8-13(21-3)12-15(14)18/h8-9,12H,4-7,10-11H2,1-3H3. The summed E-state index contributed by atoms with van der Waals surface area (Å²) in [5.74, 6) is -0.131. The highest BCUT2D eigenvalue weighted by atomic mass is 19.1. The van der Waals surface area contributed by atoms with E-state index in [4.69, 9.17) is 4.74 Å². The Labute approximate surface area is 126 Å². The van der Waals surface area contributed by atoms with Crippen LogP contribution in [-0.4, -0.2) is 36.4 Å². The molecule has 0 atom stereocenters. The predicted molar refractivity (Wildman–Crippen MR) is 81.4 cm³/mol. The molecule has 21 heavy (non-hydrogen) atoms. The minimum absolute atomic E-state index is 0.0798. The van der Waals surface area contributed by atoms with Crippen molar-refractivity contribution in [2.24, 2.45) is 0 Å². The SMILES string of the molecule is CCN(CC)C1(C(=O)c2ccc(OC)cc2F)CCCC1. The van der Waals surface area contributed by atoms with E-state index in [2.05, 4.69) is 18.7 Å². The van der Waals surface area contributed by atoms with Crippen molar-refractivity contribution >= 4 is 5.78 Å². The monoisotopic (exact) mass is 293 g/mol. The second kappa shape index (κ2) is 6.56. The van der Waals surface area contributed by atoms with E-state index in [1.807, 2.05) is 0 Å². The van der Waals surface area contributed by atoms with Crippen molar-refractivity contribution in [2.45, 2.75) is 45.1 Å². The summed E-state index contributed by atoms with van der Waals surface area (Å²) in [7, 11) is 1.49. The Balaban J connectivity index is 2.39. The zero-order chi connectivity index (χ0) is 15.5. The number of nitrogens with zero attached hydrogens (tertiary/aromatic N) is 1. The van der Waals surface area contributed by atoms with Crippen molar-refractivity contribution in [2.75, 3.05) is 20.2 Å². The van der Waals surface area contributed by atoms with Crippen LogP contribution in [0.1, 0.15) is 49.9 Å². The van der Waals surface area contributed by atoms with Crippen LogP contribution in [0.5, 0.6) is 5.75 Å². The highest BCUT2D eigenvalue weighted by Gasteiger charge is 2.45. The lowest BCUT2D eigenvalue weighted by atomic mass is 9.85. The van der Waals surface area contributed by atoms with Crippen molar-refractivity contribution in [3.05, 3.63) is 29.6 Å². The molecule has 1 aromatic rings. The van der Waals surface area contributed by atoms with Gasteiger partial charge in [-0.25, -0.2) is 4.39 Å². The molecule has 3 nitrogen and oxygen atoms in total. The second-order valence-corrected chi connectivity index (χ2v) is 5.59. The number of rotatable bonds is 6. The van der Waals surface area contributed by atoms with Gasteiger partial charge in [-0.1, -0.05) is 26.7 Å². The number of halogens is 1. The van der Waals surface area contributed by atoms with Gasteiger partial charge in [-0.05, 0) is 38.1 Å². The third-order valence-electron chi connectivity index (χ3n) is 4.64. The van der Waals surface area contributed by atoms with E-state index in [1.165, 1.54) is 13.2 Å². The van der Waals surface area contributed by atoms with E-state index in [0.717, 1.165) is 38.8 Å². The highest BCUT2D eigenvalue weighted by Crippen LogP contribution is 2.38. The van der Waals surface area contributed by atoms with E-state index in [0.29, 0.717) is 5.75 Å². The molecule has 0 radical (unpaired) electrons. The highest BCUT2D eigenvalue weighted by molar-refractivity contribution is 6.03. The Morgan fingerprint density at radius 3 is 2.38 bits per heavy atom. The molecule has 1 aliphatic rings. The largest absolute Gasteiger partial charge is 0.497 e. The number of ether oxygens (including phenoxy) is 1. The average Bonchev–Trinajstić information content (AvgIpc) is 2.98. The second-order valence-electron chi connectivity index (χ2n) is 5.59. The Morgan fingerprint density at radius 2 is 1.90 bits per heavy atom. The van der Waals surface area contributed by atoms with Crippen LogP contribution >= 0.6 is 0 Å². The lowest BCUT2D eigenvalue weighted by Gasteiger charge is -2.39. The van der Waals surface area contributed by atoms with E-state index >= 15 is 0 Å². The molecule has 0 amide bonds. The molecule has 1 aliphatic carbocycles. The van der Waals surface area contributed by atoms with Crippen molar-refractivity contribution in [3.63, 3.8) is 0 Å². The molecular weight excluding hydrogens is 269 g/mol. The molecule has 0 unspecified atom stereocenters. The van der Waals surface area contributed by atoms with Gasteiger partial charge in [0.2, 0.25) is 0 Å². The van der Waals surface area contributed by atoms with Crippen LogP contribution in [0.2, 0.25) is 0 Å². The zero-order valence-corrected chi connectivity index (χ0v) is 13.1. The summed E-state index contributed by atoms with van der Waals surface area (Å²) < 4.78 is 19.3. The minimum atomic E-state index is -0.529. The first-order valence-corrected chi connectivity index (χ1v) is 7.72. The molecule has 0 aliphatic heterocycles. The molecular formula is C17H24FNO2. The summed E-state index contributed by atoms with van der Waals surface area (Å²) in [4.78, 5) is 15.2. The van der Waals surface area contributed by atoms with Gasteiger partial charge in [-0.15, -0.1) is 0 Å². The Hall–Kier alpha value is -1.42. The van der Waals surface area contributed by atoms with Crippen molar-refractivity contribution in [1.29, 1.82) is 0 Å². The van der Waals surface area contributed by atoms with Gasteiger partial charge in [0.1, 0.15) is 11.6 Å². The number of carbonyl (C=O) groups is 1. The van der Waals surface area contributed by atoms with Crippen LogP contribution in [0.25, 0.3) is 0 Å². The topological polar surface area (TPSA) is 29.5 Å². The number of hydrogen-bond acceptors (Lipinski definition) is 3. The molecule has 1 saturated carbocycles. The maximum Gasteiger partial charge on any atom is 0.186 e. The maximum absolute atomic E-state index is 14.3. The number of ketones is 1. The van der Waals surface area contributed by atoms with E-state index in [1.54, 1.807) is 12.1 Å². The summed E-state index contributed by atoms with van der Waals surface area (Å²) in [5, 5.41) is 0. The summed E-state index contributed by atoms with van der Waals surface area (Å²) in [6, 6.07) is 4.50. The molecule has 0 aromatic heterocycles. The smallest absolute Gasteiger partial charge is 0.186 e. The van der Waals surface area contributed by atoms with Crippen LogP contribution in [0.3, 0.4) is 0 Å². The Bertz CT molecular complexity index is 506. The molecule has 4 heteroatoms. The van der Waals surface area contributed by atoms with Crippen molar-refractivity contribution in [3.8, 4) is 5.75 Å². The Kier molecular flexibility index (Phi) is 4.99. The van der Waals surface area contributed by atoms with Gasteiger partial charge in [0.05, 0.1) is 18.2 Å². The summed E-state index contributed by atoms with van der Waals surface area (Å²) in [5.41, 5.74) is -0.344. The number of hydrogen-bond donors (Lipinski definition) is 0. The van der Waals surface area contributed by atoms with Gasteiger partial charge in [-0.3, -0.25) is 9.69 Å².